The van der Waals surface area contributed by atoms with Crippen molar-refractivity contribution in [3.8, 4) is 17.6 Å². The van der Waals surface area contributed by atoms with E-state index in [1.165, 1.54) is 20.3 Å². The maximum absolute atomic E-state index is 11.7. The standard InChI is InChI=1S/C14H14N2O7/c1-21-3-4-23-14(18)10(8-15)5-9-6-11(16(19)20)13(17)12(7-9)22-2/h5-7,17H,3-4H2,1-2H3. The van der Waals surface area contributed by atoms with Gasteiger partial charge in [-0.1, -0.05) is 0 Å². The van der Waals surface area contributed by atoms with E-state index in [1.54, 1.807) is 6.07 Å². The second kappa shape index (κ2) is 8.35. The highest BCUT2D eigenvalue weighted by Gasteiger charge is 2.20. The number of methoxy groups -OCH3 is 2. The van der Waals surface area contributed by atoms with Gasteiger partial charge in [-0.2, -0.15) is 5.26 Å². The molecule has 0 fully saturated rings. The second-order valence-corrected chi connectivity index (χ2v) is 4.15. The topological polar surface area (TPSA) is 132 Å². The summed E-state index contributed by atoms with van der Waals surface area (Å²) in [5.74, 6) is -1.69. The molecule has 0 aliphatic heterocycles. The van der Waals surface area contributed by atoms with Gasteiger partial charge in [0.2, 0.25) is 5.75 Å². The number of phenolic OH excluding ortho intramolecular Hbond substituents is 1. The monoisotopic (exact) mass is 322 g/mol. The van der Waals surface area contributed by atoms with Crippen LogP contribution in [0.15, 0.2) is 17.7 Å². The third-order valence-corrected chi connectivity index (χ3v) is 2.67. The smallest absolute Gasteiger partial charge is 0.348 e. The van der Waals surface area contributed by atoms with Crippen LogP contribution in [0.5, 0.6) is 11.5 Å². The molecule has 122 valence electrons. The van der Waals surface area contributed by atoms with Gasteiger partial charge >= 0.3 is 11.7 Å². The molecule has 0 saturated carbocycles. The molecule has 0 spiro atoms. The molecule has 1 rings (SSSR count). The zero-order valence-electron chi connectivity index (χ0n) is 12.4. The highest BCUT2D eigenvalue weighted by Crippen LogP contribution is 2.37. The first kappa shape index (κ1) is 17.9. The lowest BCUT2D eigenvalue weighted by Crippen LogP contribution is -2.11. The van der Waals surface area contributed by atoms with Crippen LogP contribution >= 0.6 is 0 Å². The summed E-state index contributed by atoms with van der Waals surface area (Å²) in [6, 6.07) is 3.91. The average molecular weight is 322 g/mol. The maximum atomic E-state index is 11.7. The molecular weight excluding hydrogens is 308 g/mol. The molecule has 0 aliphatic carbocycles. The minimum atomic E-state index is -0.890. The number of hydrogen-bond donors (Lipinski definition) is 1. The SMILES string of the molecule is COCCOC(=O)C(C#N)=Cc1cc(OC)c(O)c([N+](=O)[O-])c1. The van der Waals surface area contributed by atoms with Crippen LogP contribution in [0.3, 0.4) is 0 Å². The van der Waals surface area contributed by atoms with Crippen molar-refractivity contribution < 1.29 is 29.0 Å². The van der Waals surface area contributed by atoms with E-state index >= 15 is 0 Å². The van der Waals surface area contributed by atoms with Crippen molar-refractivity contribution in [3.63, 3.8) is 0 Å². The summed E-state index contributed by atoms with van der Waals surface area (Å²) in [5, 5.41) is 29.6. The number of hydrogen-bond acceptors (Lipinski definition) is 8. The van der Waals surface area contributed by atoms with Gasteiger partial charge in [0.1, 0.15) is 18.2 Å². The number of carbonyl (C=O) groups is 1. The first-order valence-electron chi connectivity index (χ1n) is 6.27. The number of nitriles is 1. The number of phenols is 1. The van der Waals surface area contributed by atoms with Crippen molar-refractivity contribution in [1.29, 1.82) is 5.26 Å². The highest BCUT2D eigenvalue weighted by molar-refractivity contribution is 5.98. The van der Waals surface area contributed by atoms with E-state index in [9.17, 15) is 20.0 Å². The lowest BCUT2D eigenvalue weighted by atomic mass is 10.1. The molecule has 1 N–H and O–H groups in total. The van der Waals surface area contributed by atoms with E-state index in [2.05, 4.69) is 0 Å². The summed E-state index contributed by atoms with van der Waals surface area (Å²) in [6.07, 6.45) is 1.10. The molecule has 0 bridgehead atoms. The van der Waals surface area contributed by atoms with Gasteiger partial charge in [0.15, 0.2) is 5.75 Å². The molecule has 1 aromatic carbocycles. The van der Waals surface area contributed by atoms with Gasteiger partial charge < -0.3 is 19.3 Å². The molecule has 9 heteroatoms. The second-order valence-electron chi connectivity index (χ2n) is 4.15. The maximum Gasteiger partial charge on any atom is 0.348 e. The van der Waals surface area contributed by atoms with Gasteiger partial charge in [-0.25, -0.2) is 4.79 Å². The molecule has 0 heterocycles. The minimum absolute atomic E-state index is 0.0343. The summed E-state index contributed by atoms with van der Waals surface area (Å²) >= 11 is 0. The van der Waals surface area contributed by atoms with Crippen LogP contribution in [0.2, 0.25) is 0 Å². The number of rotatable bonds is 7. The lowest BCUT2D eigenvalue weighted by molar-refractivity contribution is -0.386. The van der Waals surface area contributed by atoms with Gasteiger partial charge in [0.25, 0.3) is 0 Å². The number of nitro benzene ring substituents is 1. The number of aromatic hydroxyl groups is 1. The summed E-state index contributed by atoms with van der Waals surface area (Å²) in [7, 11) is 2.65. The Kier molecular flexibility index (Phi) is 6.51. The van der Waals surface area contributed by atoms with Crippen LogP contribution in [-0.2, 0) is 14.3 Å². The zero-order chi connectivity index (χ0) is 17.4. The summed E-state index contributed by atoms with van der Waals surface area (Å²) < 4.78 is 14.3. The Morgan fingerprint density at radius 1 is 1.43 bits per heavy atom. The average Bonchev–Trinajstić information content (AvgIpc) is 2.53. The molecule has 0 unspecified atom stereocenters. The fraction of sp³-hybridized carbons (Fsp3) is 0.286. The number of carbonyl (C=O) groups excluding carboxylic acids is 1. The lowest BCUT2D eigenvalue weighted by Gasteiger charge is -2.06. The Balaban J connectivity index is 3.18. The van der Waals surface area contributed by atoms with Crippen molar-refractivity contribution in [3.05, 3.63) is 33.4 Å². The van der Waals surface area contributed by atoms with E-state index in [4.69, 9.17) is 19.5 Å². The Labute approximate surface area is 131 Å². The third-order valence-electron chi connectivity index (χ3n) is 2.67. The van der Waals surface area contributed by atoms with E-state index in [1.807, 2.05) is 0 Å². The normalized spacial score (nSPS) is 10.7. The minimum Gasteiger partial charge on any atom is -0.500 e. The predicted molar refractivity (Wildman–Crippen MR) is 77.7 cm³/mol. The van der Waals surface area contributed by atoms with Crippen LogP contribution in [0.4, 0.5) is 5.69 Å². The van der Waals surface area contributed by atoms with E-state index in [-0.39, 0.29) is 30.1 Å². The molecule has 9 nitrogen and oxygen atoms in total. The highest BCUT2D eigenvalue weighted by atomic mass is 16.6. The molecule has 23 heavy (non-hydrogen) atoms. The molecule has 1 aromatic rings. The molecule has 0 aromatic heterocycles. The first-order valence-corrected chi connectivity index (χ1v) is 6.27. The van der Waals surface area contributed by atoms with Crippen LogP contribution in [0.25, 0.3) is 6.08 Å². The van der Waals surface area contributed by atoms with Crippen molar-refractivity contribution in [2.75, 3.05) is 27.4 Å². The fourth-order valence-electron chi connectivity index (χ4n) is 1.59. The van der Waals surface area contributed by atoms with Gasteiger partial charge in [-0.05, 0) is 17.7 Å². The van der Waals surface area contributed by atoms with E-state index in [0.29, 0.717) is 0 Å². The molecule has 0 radical (unpaired) electrons. The van der Waals surface area contributed by atoms with Crippen molar-refractivity contribution in [2.24, 2.45) is 0 Å². The van der Waals surface area contributed by atoms with Crippen LogP contribution in [0, 0.1) is 21.4 Å². The molecule has 0 amide bonds. The quantitative estimate of drug-likeness (QED) is 0.199. The Hall–Kier alpha value is -3.12. The van der Waals surface area contributed by atoms with E-state index in [0.717, 1.165) is 12.1 Å². The number of ether oxygens (including phenoxy) is 3. The fourth-order valence-corrected chi connectivity index (χ4v) is 1.59. The molecule has 0 saturated heterocycles. The molecular formula is C14H14N2O7. The number of nitrogens with zero attached hydrogens (tertiary/aromatic N) is 2. The summed E-state index contributed by atoms with van der Waals surface area (Å²) in [4.78, 5) is 21.8. The molecule has 0 atom stereocenters. The number of nitro groups is 1. The van der Waals surface area contributed by atoms with Crippen LogP contribution < -0.4 is 4.74 Å². The first-order chi connectivity index (χ1) is 10.9. The van der Waals surface area contributed by atoms with Crippen molar-refractivity contribution >= 4 is 17.7 Å². The number of esters is 1. The third kappa shape index (κ3) is 4.69. The van der Waals surface area contributed by atoms with E-state index < -0.39 is 22.3 Å². The van der Waals surface area contributed by atoms with Crippen molar-refractivity contribution in [2.45, 2.75) is 0 Å². The largest absolute Gasteiger partial charge is 0.500 e. The Morgan fingerprint density at radius 2 is 2.13 bits per heavy atom. The van der Waals surface area contributed by atoms with Gasteiger partial charge in [0.05, 0.1) is 18.6 Å². The van der Waals surface area contributed by atoms with Gasteiger partial charge in [-0.3, -0.25) is 10.1 Å². The zero-order valence-corrected chi connectivity index (χ0v) is 12.4. The number of benzene rings is 1. The van der Waals surface area contributed by atoms with Crippen LogP contribution in [-0.4, -0.2) is 43.4 Å². The van der Waals surface area contributed by atoms with Crippen LogP contribution in [0.1, 0.15) is 5.56 Å². The van der Waals surface area contributed by atoms with Gasteiger partial charge in [0, 0.05) is 13.2 Å². The summed E-state index contributed by atoms with van der Waals surface area (Å²) in [5.41, 5.74) is -0.838. The predicted octanol–water partition coefficient (Wildman–Crippen LogP) is 1.41. The van der Waals surface area contributed by atoms with Gasteiger partial charge in [-0.15, -0.1) is 0 Å². The summed E-state index contributed by atoms with van der Waals surface area (Å²) in [6.45, 7) is 0.135. The molecule has 0 aliphatic rings. The Morgan fingerprint density at radius 3 is 2.65 bits per heavy atom. The van der Waals surface area contributed by atoms with Crippen molar-refractivity contribution in [1.82, 2.24) is 0 Å². The Bertz CT molecular complexity index is 676.